The molecular formula is C19H26N6O2. The normalized spacial score (nSPS) is 18.7. The van der Waals surface area contributed by atoms with E-state index in [4.69, 9.17) is 9.72 Å². The van der Waals surface area contributed by atoms with Crippen molar-refractivity contribution in [3.63, 3.8) is 0 Å². The number of ether oxygens (including phenoxy) is 1. The quantitative estimate of drug-likeness (QED) is 0.884. The van der Waals surface area contributed by atoms with Crippen LogP contribution in [-0.4, -0.2) is 70.1 Å². The zero-order valence-corrected chi connectivity index (χ0v) is 15.9. The first kappa shape index (κ1) is 17.9. The molecule has 1 N–H and O–H groups in total. The van der Waals surface area contributed by atoms with Crippen LogP contribution in [0.1, 0.15) is 46.5 Å². The van der Waals surface area contributed by atoms with Crippen molar-refractivity contribution in [2.75, 3.05) is 44.3 Å². The smallest absolute Gasteiger partial charge is 0.274 e. The van der Waals surface area contributed by atoms with Crippen molar-refractivity contribution in [3.8, 4) is 0 Å². The Balaban J connectivity index is 1.44. The highest BCUT2D eigenvalue weighted by atomic mass is 16.5. The predicted molar refractivity (Wildman–Crippen MR) is 101 cm³/mol. The zero-order valence-electron chi connectivity index (χ0n) is 15.9. The van der Waals surface area contributed by atoms with Gasteiger partial charge in [-0.2, -0.15) is 0 Å². The Labute approximate surface area is 159 Å². The van der Waals surface area contributed by atoms with Gasteiger partial charge in [0, 0.05) is 49.6 Å². The maximum absolute atomic E-state index is 12.6. The average Bonchev–Trinajstić information content (AvgIpc) is 3.13. The molecular weight excluding hydrogens is 344 g/mol. The number of carbonyl (C=O) groups excluding carboxylic acids is 1. The van der Waals surface area contributed by atoms with Gasteiger partial charge >= 0.3 is 0 Å². The molecule has 0 radical (unpaired) electrons. The minimum absolute atomic E-state index is 0.0140. The van der Waals surface area contributed by atoms with Gasteiger partial charge in [0.25, 0.3) is 5.91 Å². The Kier molecular flexibility index (Phi) is 5.07. The van der Waals surface area contributed by atoms with E-state index in [0.29, 0.717) is 11.6 Å². The van der Waals surface area contributed by atoms with Crippen LogP contribution >= 0.6 is 0 Å². The van der Waals surface area contributed by atoms with E-state index >= 15 is 0 Å². The lowest BCUT2D eigenvalue weighted by atomic mass is 9.93. The van der Waals surface area contributed by atoms with Crippen molar-refractivity contribution >= 4 is 11.7 Å². The lowest BCUT2D eigenvalue weighted by Gasteiger charge is -2.32. The van der Waals surface area contributed by atoms with Crippen molar-refractivity contribution in [3.05, 3.63) is 35.3 Å². The molecule has 8 nitrogen and oxygen atoms in total. The van der Waals surface area contributed by atoms with Gasteiger partial charge in [-0.25, -0.2) is 15.0 Å². The maximum Gasteiger partial charge on any atom is 0.274 e. The number of aryl methyl sites for hydroxylation is 2. The SMILES string of the molecule is Cc1nc(C2CCN(C(=O)c3nc[nH]c3C)CC2)cc(N2CCOCC2)n1. The minimum atomic E-state index is 0.0140. The van der Waals surface area contributed by atoms with Gasteiger partial charge in [-0.3, -0.25) is 4.79 Å². The molecule has 2 aromatic rings. The highest BCUT2D eigenvalue weighted by Crippen LogP contribution is 2.29. The van der Waals surface area contributed by atoms with E-state index in [1.54, 1.807) is 6.33 Å². The standard InChI is InChI=1S/C19H26N6O2/c1-13-18(21-12-20-13)19(26)25-5-3-15(4-6-25)16-11-17(23-14(2)22-16)24-7-9-27-10-8-24/h11-12,15H,3-10H2,1-2H3,(H,20,21). The summed E-state index contributed by atoms with van der Waals surface area (Å²) < 4.78 is 5.44. The second kappa shape index (κ2) is 7.64. The molecule has 4 heterocycles. The number of aromatic nitrogens is 4. The number of rotatable bonds is 3. The molecule has 27 heavy (non-hydrogen) atoms. The number of H-pyrrole nitrogens is 1. The first-order valence-electron chi connectivity index (χ1n) is 9.59. The van der Waals surface area contributed by atoms with Gasteiger partial charge in [-0.15, -0.1) is 0 Å². The molecule has 0 saturated carbocycles. The summed E-state index contributed by atoms with van der Waals surface area (Å²) in [5, 5.41) is 0. The number of morpholine rings is 1. The van der Waals surface area contributed by atoms with E-state index in [9.17, 15) is 4.79 Å². The number of amides is 1. The summed E-state index contributed by atoms with van der Waals surface area (Å²) >= 11 is 0. The number of nitrogens with zero attached hydrogens (tertiary/aromatic N) is 5. The van der Waals surface area contributed by atoms with Crippen LogP contribution in [0.5, 0.6) is 0 Å². The van der Waals surface area contributed by atoms with E-state index in [2.05, 4.69) is 25.9 Å². The molecule has 0 aromatic carbocycles. The third-order valence-corrected chi connectivity index (χ3v) is 5.41. The Morgan fingerprint density at radius 2 is 1.89 bits per heavy atom. The first-order valence-corrected chi connectivity index (χ1v) is 9.59. The molecule has 4 rings (SSSR count). The second-order valence-electron chi connectivity index (χ2n) is 7.24. The summed E-state index contributed by atoms with van der Waals surface area (Å²) in [6.07, 6.45) is 3.40. The number of piperidine rings is 1. The molecule has 0 atom stereocenters. The van der Waals surface area contributed by atoms with Crippen LogP contribution in [0.4, 0.5) is 5.82 Å². The first-order chi connectivity index (χ1) is 13.1. The Morgan fingerprint density at radius 3 is 2.56 bits per heavy atom. The van der Waals surface area contributed by atoms with E-state index in [1.807, 2.05) is 18.7 Å². The van der Waals surface area contributed by atoms with E-state index < -0.39 is 0 Å². The van der Waals surface area contributed by atoms with E-state index in [-0.39, 0.29) is 5.91 Å². The fourth-order valence-electron chi connectivity index (χ4n) is 3.84. The van der Waals surface area contributed by atoms with Crippen molar-refractivity contribution in [1.82, 2.24) is 24.8 Å². The predicted octanol–water partition coefficient (Wildman–Crippen LogP) is 1.67. The molecule has 2 aliphatic rings. The molecule has 0 bridgehead atoms. The van der Waals surface area contributed by atoms with Crippen molar-refractivity contribution in [1.29, 1.82) is 0 Å². The highest BCUT2D eigenvalue weighted by Gasteiger charge is 2.28. The fourth-order valence-corrected chi connectivity index (χ4v) is 3.84. The summed E-state index contributed by atoms with van der Waals surface area (Å²) in [6, 6.07) is 2.12. The Morgan fingerprint density at radius 1 is 1.15 bits per heavy atom. The molecule has 8 heteroatoms. The van der Waals surface area contributed by atoms with Crippen LogP contribution in [-0.2, 0) is 4.74 Å². The summed E-state index contributed by atoms with van der Waals surface area (Å²) in [4.78, 5) is 33.3. The monoisotopic (exact) mass is 370 g/mol. The summed E-state index contributed by atoms with van der Waals surface area (Å²) in [5.74, 6) is 2.17. The minimum Gasteiger partial charge on any atom is -0.378 e. The molecule has 144 valence electrons. The number of hydrogen-bond acceptors (Lipinski definition) is 6. The van der Waals surface area contributed by atoms with Crippen LogP contribution in [0.15, 0.2) is 12.4 Å². The third kappa shape index (κ3) is 3.80. The Bertz CT molecular complexity index is 806. The molecule has 0 aliphatic carbocycles. The second-order valence-corrected chi connectivity index (χ2v) is 7.24. The van der Waals surface area contributed by atoms with Crippen molar-refractivity contribution in [2.45, 2.75) is 32.6 Å². The average molecular weight is 370 g/mol. The van der Waals surface area contributed by atoms with Crippen LogP contribution in [0, 0.1) is 13.8 Å². The van der Waals surface area contributed by atoms with Crippen molar-refractivity contribution < 1.29 is 9.53 Å². The Hall–Kier alpha value is -2.48. The van der Waals surface area contributed by atoms with Crippen LogP contribution in [0.25, 0.3) is 0 Å². The van der Waals surface area contributed by atoms with Crippen LogP contribution in [0.3, 0.4) is 0 Å². The van der Waals surface area contributed by atoms with Crippen LogP contribution in [0.2, 0.25) is 0 Å². The summed E-state index contributed by atoms with van der Waals surface area (Å²) in [6.45, 7) is 8.50. The number of aromatic amines is 1. The zero-order chi connectivity index (χ0) is 18.8. The number of nitrogens with one attached hydrogen (secondary N) is 1. The topological polar surface area (TPSA) is 87.2 Å². The third-order valence-electron chi connectivity index (χ3n) is 5.41. The molecule has 0 spiro atoms. The van der Waals surface area contributed by atoms with Crippen LogP contribution < -0.4 is 4.90 Å². The van der Waals surface area contributed by atoms with Gasteiger partial charge in [0.15, 0.2) is 0 Å². The number of imidazole rings is 1. The lowest BCUT2D eigenvalue weighted by molar-refractivity contribution is 0.0706. The molecule has 2 saturated heterocycles. The highest BCUT2D eigenvalue weighted by molar-refractivity contribution is 5.93. The number of likely N-dealkylation sites (tertiary alicyclic amines) is 1. The van der Waals surface area contributed by atoms with Gasteiger partial charge in [0.2, 0.25) is 0 Å². The largest absolute Gasteiger partial charge is 0.378 e. The molecule has 1 amide bonds. The fraction of sp³-hybridized carbons (Fsp3) is 0.579. The number of carbonyl (C=O) groups is 1. The van der Waals surface area contributed by atoms with Gasteiger partial charge in [0.05, 0.1) is 19.5 Å². The summed E-state index contributed by atoms with van der Waals surface area (Å²) in [5.41, 5.74) is 2.44. The number of hydrogen-bond donors (Lipinski definition) is 1. The van der Waals surface area contributed by atoms with Gasteiger partial charge in [-0.05, 0) is 26.7 Å². The molecule has 2 fully saturated rings. The summed E-state index contributed by atoms with van der Waals surface area (Å²) in [7, 11) is 0. The van der Waals surface area contributed by atoms with E-state index in [1.165, 1.54) is 0 Å². The maximum atomic E-state index is 12.6. The molecule has 2 aliphatic heterocycles. The van der Waals surface area contributed by atoms with Gasteiger partial charge in [-0.1, -0.05) is 0 Å². The van der Waals surface area contributed by atoms with Gasteiger partial charge in [0.1, 0.15) is 17.3 Å². The van der Waals surface area contributed by atoms with Crippen molar-refractivity contribution in [2.24, 2.45) is 0 Å². The molecule has 0 unspecified atom stereocenters. The van der Waals surface area contributed by atoms with Gasteiger partial charge < -0.3 is 19.5 Å². The number of anilines is 1. The lowest BCUT2D eigenvalue weighted by Crippen LogP contribution is -2.39. The molecule has 2 aromatic heterocycles. The van der Waals surface area contributed by atoms with E-state index in [0.717, 1.165) is 75.3 Å².